The molecule has 18 heavy (non-hydrogen) atoms. The van der Waals surface area contributed by atoms with E-state index >= 15 is 0 Å². The maximum Gasteiger partial charge on any atom is 0.141 e. The van der Waals surface area contributed by atoms with E-state index in [1.165, 1.54) is 6.07 Å². The van der Waals surface area contributed by atoms with Crippen LogP contribution >= 0.6 is 11.6 Å². The van der Waals surface area contributed by atoms with Gasteiger partial charge in [0.1, 0.15) is 5.82 Å². The standard InChI is InChI=1S/C14H14ClFN2/c1-9-3-5-12(8-17-9)18-10(2)11-4-6-14(16)13(15)7-11/h3-8,10,18H,1-2H3. The number of pyridine rings is 1. The lowest BCUT2D eigenvalue weighted by molar-refractivity contribution is 0.627. The first kappa shape index (κ1) is 12.8. The van der Waals surface area contributed by atoms with Crippen molar-refractivity contribution in [3.05, 3.63) is 58.6 Å². The second kappa shape index (κ2) is 5.36. The molecule has 0 spiro atoms. The lowest BCUT2D eigenvalue weighted by Gasteiger charge is -2.16. The Morgan fingerprint density at radius 3 is 2.67 bits per heavy atom. The molecule has 0 aliphatic rings. The second-order valence-corrected chi connectivity index (χ2v) is 4.64. The van der Waals surface area contributed by atoms with Crippen LogP contribution in [0.2, 0.25) is 5.02 Å². The molecule has 1 aromatic carbocycles. The number of nitrogens with one attached hydrogen (secondary N) is 1. The van der Waals surface area contributed by atoms with Gasteiger partial charge in [0.2, 0.25) is 0 Å². The molecule has 0 bridgehead atoms. The van der Waals surface area contributed by atoms with Crippen molar-refractivity contribution >= 4 is 17.3 Å². The van der Waals surface area contributed by atoms with Crippen LogP contribution in [-0.4, -0.2) is 4.98 Å². The molecule has 0 aliphatic carbocycles. The molecule has 0 saturated heterocycles. The van der Waals surface area contributed by atoms with Gasteiger partial charge in [0.25, 0.3) is 0 Å². The van der Waals surface area contributed by atoms with Crippen molar-refractivity contribution in [1.29, 1.82) is 0 Å². The van der Waals surface area contributed by atoms with E-state index in [0.29, 0.717) is 0 Å². The van der Waals surface area contributed by atoms with Crippen LogP contribution in [0.4, 0.5) is 10.1 Å². The molecule has 1 unspecified atom stereocenters. The highest BCUT2D eigenvalue weighted by molar-refractivity contribution is 6.30. The van der Waals surface area contributed by atoms with Gasteiger partial charge in [-0.15, -0.1) is 0 Å². The molecule has 2 nitrogen and oxygen atoms in total. The van der Waals surface area contributed by atoms with Crippen LogP contribution in [0, 0.1) is 12.7 Å². The first-order valence-corrected chi connectivity index (χ1v) is 6.08. The van der Waals surface area contributed by atoms with Crippen molar-refractivity contribution in [2.75, 3.05) is 5.32 Å². The Kier molecular flexibility index (Phi) is 3.82. The highest BCUT2D eigenvalue weighted by Gasteiger charge is 2.08. The third-order valence-electron chi connectivity index (χ3n) is 2.74. The summed E-state index contributed by atoms with van der Waals surface area (Å²) in [5, 5.41) is 3.43. The molecule has 1 atom stereocenters. The molecule has 0 aliphatic heterocycles. The number of aromatic nitrogens is 1. The fourth-order valence-corrected chi connectivity index (χ4v) is 1.86. The summed E-state index contributed by atoms with van der Waals surface area (Å²) in [7, 11) is 0. The van der Waals surface area contributed by atoms with Gasteiger partial charge in [-0.3, -0.25) is 4.98 Å². The molecule has 1 N–H and O–H groups in total. The molecular weight excluding hydrogens is 251 g/mol. The summed E-state index contributed by atoms with van der Waals surface area (Å²) in [5.74, 6) is -0.399. The predicted molar refractivity (Wildman–Crippen MR) is 72.4 cm³/mol. The molecule has 2 rings (SSSR count). The Morgan fingerprint density at radius 1 is 1.28 bits per heavy atom. The minimum Gasteiger partial charge on any atom is -0.377 e. The molecule has 4 heteroatoms. The van der Waals surface area contributed by atoms with E-state index < -0.39 is 5.82 Å². The highest BCUT2D eigenvalue weighted by atomic mass is 35.5. The normalized spacial score (nSPS) is 12.2. The summed E-state index contributed by atoms with van der Waals surface area (Å²) in [5.41, 5.74) is 2.83. The summed E-state index contributed by atoms with van der Waals surface area (Å²) < 4.78 is 13.1. The van der Waals surface area contributed by atoms with Gasteiger partial charge >= 0.3 is 0 Å². The maximum atomic E-state index is 13.1. The summed E-state index contributed by atoms with van der Waals surface area (Å²) in [4.78, 5) is 4.21. The maximum absolute atomic E-state index is 13.1. The van der Waals surface area contributed by atoms with Crippen LogP contribution in [-0.2, 0) is 0 Å². The Hall–Kier alpha value is -1.61. The zero-order valence-corrected chi connectivity index (χ0v) is 11.0. The van der Waals surface area contributed by atoms with Crippen LogP contribution in [0.15, 0.2) is 36.5 Å². The molecule has 1 aromatic heterocycles. The number of hydrogen-bond donors (Lipinski definition) is 1. The van der Waals surface area contributed by atoms with Crippen LogP contribution in [0.5, 0.6) is 0 Å². The SMILES string of the molecule is Cc1ccc(NC(C)c2ccc(F)c(Cl)c2)cn1. The monoisotopic (exact) mass is 264 g/mol. The second-order valence-electron chi connectivity index (χ2n) is 4.23. The van der Waals surface area contributed by atoms with Gasteiger partial charge in [-0.25, -0.2) is 4.39 Å². The molecule has 0 amide bonds. The lowest BCUT2D eigenvalue weighted by atomic mass is 10.1. The summed E-state index contributed by atoms with van der Waals surface area (Å²) in [6, 6.07) is 8.67. The number of halogens is 2. The fourth-order valence-electron chi connectivity index (χ4n) is 1.67. The van der Waals surface area contributed by atoms with Gasteiger partial charge in [-0.2, -0.15) is 0 Å². The van der Waals surface area contributed by atoms with Crippen LogP contribution < -0.4 is 5.32 Å². The minimum absolute atomic E-state index is 0.0348. The number of rotatable bonds is 3. The Bertz CT molecular complexity index is 540. The van der Waals surface area contributed by atoms with Gasteiger partial charge in [0.05, 0.1) is 16.9 Å². The van der Waals surface area contributed by atoms with Crippen LogP contribution in [0.1, 0.15) is 24.2 Å². The van der Waals surface area contributed by atoms with Gasteiger partial charge in [-0.05, 0) is 43.7 Å². The Morgan fingerprint density at radius 2 is 2.06 bits per heavy atom. The molecule has 2 aromatic rings. The highest BCUT2D eigenvalue weighted by Crippen LogP contribution is 2.23. The third-order valence-corrected chi connectivity index (χ3v) is 3.03. The zero-order chi connectivity index (χ0) is 13.1. The van der Waals surface area contributed by atoms with E-state index in [2.05, 4.69) is 10.3 Å². The van der Waals surface area contributed by atoms with E-state index in [-0.39, 0.29) is 11.1 Å². The third kappa shape index (κ3) is 2.99. The first-order valence-electron chi connectivity index (χ1n) is 5.70. The van der Waals surface area contributed by atoms with E-state index in [1.54, 1.807) is 18.3 Å². The minimum atomic E-state index is -0.399. The molecule has 0 saturated carbocycles. The summed E-state index contributed by atoms with van der Waals surface area (Å²) in [6.07, 6.45) is 1.77. The van der Waals surface area contributed by atoms with Crippen molar-refractivity contribution in [2.24, 2.45) is 0 Å². The zero-order valence-electron chi connectivity index (χ0n) is 10.2. The average molecular weight is 265 g/mol. The summed E-state index contributed by atoms with van der Waals surface area (Å²) in [6.45, 7) is 3.93. The van der Waals surface area contributed by atoms with Crippen LogP contribution in [0.25, 0.3) is 0 Å². The largest absolute Gasteiger partial charge is 0.377 e. The Balaban J connectivity index is 2.13. The van der Waals surface area contributed by atoms with E-state index in [1.807, 2.05) is 26.0 Å². The topological polar surface area (TPSA) is 24.9 Å². The average Bonchev–Trinajstić information content (AvgIpc) is 2.35. The van der Waals surface area contributed by atoms with E-state index in [4.69, 9.17) is 11.6 Å². The van der Waals surface area contributed by atoms with Gasteiger partial charge in [0.15, 0.2) is 0 Å². The summed E-state index contributed by atoms with van der Waals surface area (Å²) >= 11 is 5.77. The molecule has 1 heterocycles. The van der Waals surface area contributed by atoms with Gasteiger partial charge < -0.3 is 5.32 Å². The number of hydrogen-bond acceptors (Lipinski definition) is 2. The van der Waals surface area contributed by atoms with Gasteiger partial charge in [0, 0.05) is 11.7 Å². The van der Waals surface area contributed by atoms with Crippen molar-refractivity contribution < 1.29 is 4.39 Å². The van der Waals surface area contributed by atoms with Crippen molar-refractivity contribution in [3.63, 3.8) is 0 Å². The van der Waals surface area contributed by atoms with E-state index in [0.717, 1.165) is 16.9 Å². The molecular formula is C14H14ClFN2. The lowest BCUT2D eigenvalue weighted by Crippen LogP contribution is -2.07. The van der Waals surface area contributed by atoms with Crippen molar-refractivity contribution in [3.8, 4) is 0 Å². The predicted octanol–water partition coefficient (Wildman–Crippen LogP) is 4.36. The van der Waals surface area contributed by atoms with Crippen molar-refractivity contribution in [2.45, 2.75) is 19.9 Å². The van der Waals surface area contributed by atoms with E-state index in [9.17, 15) is 4.39 Å². The fraction of sp³-hybridized carbons (Fsp3) is 0.214. The quantitative estimate of drug-likeness (QED) is 0.891. The first-order chi connectivity index (χ1) is 8.56. The van der Waals surface area contributed by atoms with Crippen LogP contribution in [0.3, 0.4) is 0 Å². The molecule has 0 fully saturated rings. The molecule has 0 radical (unpaired) electrons. The number of nitrogens with zero attached hydrogens (tertiary/aromatic N) is 1. The van der Waals surface area contributed by atoms with Crippen molar-refractivity contribution in [1.82, 2.24) is 4.98 Å². The Labute approximate surface area is 111 Å². The molecule has 94 valence electrons. The van der Waals surface area contributed by atoms with Gasteiger partial charge in [-0.1, -0.05) is 17.7 Å². The number of aryl methyl sites for hydroxylation is 1. The number of benzene rings is 1. The smallest absolute Gasteiger partial charge is 0.141 e. The number of anilines is 1.